The second kappa shape index (κ2) is 16.0. The Bertz CT molecular complexity index is 3930. The molecule has 2 heterocycles. The summed E-state index contributed by atoms with van der Waals surface area (Å²) >= 11 is 0. The zero-order chi connectivity index (χ0) is 44.3. The summed E-state index contributed by atoms with van der Waals surface area (Å²) in [5.74, 6) is 0. The van der Waals surface area contributed by atoms with Crippen molar-refractivity contribution in [2.75, 3.05) is 4.90 Å². The molecule has 67 heavy (non-hydrogen) atoms. The lowest BCUT2D eigenvalue weighted by molar-refractivity contribution is 0.670. The summed E-state index contributed by atoms with van der Waals surface area (Å²) in [5.41, 5.74) is 17.7. The maximum absolute atomic E-state index is 6.50. The summed E-state index contributed by atoms with van der Waals surface area (Å²) in [6.07, 6.45) is 0. The topological polar surface area (TPSA) is 21.3 Å². The molecule has 0 aliphatic rings. The normalized spacial score (nSPS) is 11.6. The highest BCUT2D eigenvalue weighted by molar-refractivity contribution is 6.11. The maximum atomic E-state index is 6.50. The molecule has 0 aliphatic carbocycles. The molecule has 11 aromatic carbocycles. The number of anilines is 3. The largest absolute Gasteiger partial charge is 0.455 e. The number of benzene rings is 11. The van der Waals surface area contributed by atoms with Crippen molar-refractivity contribution in [1.29, 1.82) is 0 Å². The van der Waals surface area contributed by atoms with Crippen LogP contribution < -0.4 is 4.90 Å². The molecule has 0 saturated heterocycles. The van der Waals surface area contributed by atoms with E-state index in [1.54, 1.807) is 0 Å². The lowest BCUT2D eigenvalue weighted by atomic mass is 9.94. The van der Waals surface area contributed by atoms with E-state index < -0.39 is 0 Å². The predicted octanol–water partition coefficient (Wildman–Crippen LogP) is 18.0. The molecular formula is C64H42N2O. The van der Waals surface area contributed by atoms with Gasteiger partial charge in [-0.3, -0.25) is 0 Å². The first-order valence-electron chi connectivity index (χ1n) is 22.9. The molecule has 0 unspecified atom stereocenters. The zero-order valence-corrected chi connectivity index (χ0v) is 36.6. The van der Waals surface area contributed by atoms with E-state index >= 15 is 0 Å². The van der Waals surface area contributed by atoms with Crippen LogP contribution >= 0.6 is 0 Å². The van der Waals surface area contributed by atoms with Gasteiger partial charge in [0.05, 0.1) is 28.1 Å². The van der Waals surface area contributed by atoms with E-state index in [1.165, 1.54) is 43.7 Å². The van der Waals surface area contributed by atoms with E-state index in [2.05, 4.69) is 252 Å². The minimum atomic E-state index is 0.898. The van der Waals surface area contributed by atoms with Gasteiger partial charge >= 0.3 is 0 Å². The van der Waals surface area contributed by atoms with Crippen LogP contribution in [0.4, 0.5) is 17.1 Å². The molecule has 0 atom stereocenters. The van der Waals surface area contributed by atoms with Crippen LogP contribution in [0.15, 0.2) is 259 Å². The van der Waals surface area contributed by atoms with Gasteiger partial charge < -0.3 is 13.9 Å². The molecule has 3 nitrogen and oxygen atoms in total. The van der Waals surface area contributed by atoms with E-state index in [-0.39, 0.29) is 0 Å². The number of para-hydroxylation sites is 7. The van der Waals surface area contributed by atoms with Crippen LogP contribution in [0.25, 0.3) is 105 Å². The molecule has 0 spiro atoms. The minimum absolute atomic E-state index is 0.898. The number of aromatic nitrogens is 1. The fraction of sp³-hybridized carbons (Fsp3) is 0. The average molecular weight is 855 g/mol. The molecule has 2 aromatic heterocycles. The van der Waals surface area contributed by atoms with Crippen LogP contribution in [0.3, 0.4) is 0 Å². The van der Waals surface area contributed by atoms with Gasteiger partial charge in [-0.05, 0) is 81.6 Å². The van der Waals surface area contributed by atoms with Gasteiger partial charge in [-0.1, -0.05) is 206 Å². The zero-order valence-electron chi connectivity index (χ0n) is 36.6. The third kappa shape index (κ3) is 6.43. The standard InChI is InChI=1S/C64H42N2O/c1-2-19-48-43(17-1)18-15-27-52(48)53-22-5-11-31-60(53)65(47-41-39-46(40-42-47)51-26-16-28-57-56-25-8-14-34-63(56)67-64(51)57)58-29-9-3-20-49(58)44-35-37-45(38-36-44)50-21-4-10-30-59(50)66-61-32-12-6-23-54(61)55-24-7-13-33-62(55)66/h1-42H. The van der Waals surface area contributed by atoms with E-state index in [0.29, 0.717) is 0 Å². The van der Waals surface area contributed by atoms with Crippen molar-refractivity contribution in [3.05, 3.63) is 255 Å². The molecule has 0 radical (unpaired) electrons. The Morgan fingerprint density at radius 2 is 0.761 bits per heavy atom. The number of furan rings is 1. The Balaban J connectivity index is 0.953. The van der Waals surface area contributed by atoms with Crippen molar-refractivity contribution in [2.24, 2.45) is 0 Å². The molecule has 3 heteroatoms. The molecule has 0 aliphatic heterocycles. The first-order chi connectivity index (χ1) is 33.3. The summed E-state index contributed by atoms with van der Waals surface area (Å²) in [5, 5.41) is 7.19. The third-order valence-corrected chi connectivity index (χ3v) is 13.4. The first-order valence-corrected chi connectivity index (χ1v) is 22.9. The SMILES string of the molecule is c1ccc(N(c2ccc(-c3cccc4c3oc3ccccc34)cc2)c2ccccc2-c2cccc3ccccc23)c(-c2ccc(-c3ccccc3-n3c4ccccc4c4ccccc43)cc2)c1. The molecule has 0 amide bonds. The van der Waals surface area contributed by atoms with Gasteiger partial charge in [0.15, 0.2) is 0 Å². The Morgan fingerprint density at radius 3 is 1.51 bits per heavy atom. The fourth-order valence-electron chi connectivity index (χ4n) is 10.4. The van der Waals surface area contributed by atoms with E-state index in [0.717, 1.165) is 78.1 Å². The van der Waals surface area contributed by atoms with Crippen molar-refractivity contribution in [1.82, 2.24) is 4.57 Å². The first kappa shape index (κ1) is 38.5. The predicted molar refractivity (Wildman–Crippen MR) is 282 cm³/mol. The number of nitrogens with zero attached hydrogens (tertiary/aromatic N) is 2. The smallest absolute Gasteiger partial charge is 0.143 e. The number of fused-ring (bicyclic) bond motifs is 7. The van der Waals surface area contributed by atoms with Gasteiger partial charge in [-0.25, -0.2) is 0 Å². The Morgan fingerprint density at radius 1 is 0.299 bits per heavy atom. The summed E-state index contributed by atoms with van der Waals surface area (Å²) < 4.78 is 8.92. The molecular weight excluding hydrogens is 813 g/mol. The van der Waals surface area contributed by atoms with Gasteiger partial charge in [0.1, 0.15) is 11.2 Å². The molecule has 13 rings (SSSR count). The van der Waals surface area contributed by atoms with Crippen LogP contribution in [-0.2, 0) is 0 Å². The Labute approximate surface area is 388 Å². The van der Waals surface area contributed by atoms with Crippen molar-refractivity contribution in [3.8, 4) is 50.2 Å². The molecule has 0 fully saturated rings. The lowest BCUT2D eigenvalue weighted by Gasteiger charge is -2.30. The fourth-order valence-corrected chi connectivity index (χ4v) is 10.4. The van der Waals surface area contributed by atoms with Gasteiger partial charge in [0.2, 0.25) is 0 Å². The highest BCUT2D eigenvalue weighted by Gasteiger charge is 2.22. The van der Waals surface area contributed by atoms with E-state index in [9.17, 15) is 0 Å². The Hall–Kier alpha value is -8.92. The minimum Gasteiger partial charge on any atom is -0.455 e. The van der Waals surface area contributed by atoms with Crippen LogP contribution in [0.2, 0.25) is 0 Å². The van der Waals surface area contributed by atoms with Gasteiger partial charge in [-0.15, -0.1) is 0 Å². The Kier molecular flexibility index (Phi) is 9.17. The summed E-state index contributed by atoms with van der Waals surface area (Å²) in [6.45, 7) is 0. The molecule has 0 N–H and O–H groups in total. The third-order valence-electron chi connectivity index (χ3n) is 13.4. The maximum Gasteiger partial charge on any atom is 0.143 e. The van der Waals surface area contributed by atoms with Crippen molar-refractivity contribution >= 4 is 71.6 Å². The summed E-state index contributed by atoms with van der Waals surface area (Å²) in [4.78, 5) is 2.43. The van der Waals surface area contributed by atoms with Crippen LogP contribution in [0, 0.1) is 0 Å². The van der Waals surface area contributed by atoms with E-state index in [1.807, 2.05) is 12.1 Å². The number of hydrogen-bond donors (Lipinski definition) is 0. The second-order valence-electron chi connectivity index (χ2n) is 17.2. The number of rotatable bonds is 8. The highest BCUT2D eigenvalue weighted by Crippen LogP contribution is 2.47. The van der Waals surface area contributed by atoms with Crippen molar-refractivity contribution < 1.29 is 4.42 Å². The summed E-state index contributed by atoms with van der Waals surface area (Å²) in [7, 11) is 0. The van der Waals surface area contributed by atoms with E-state index in [4.69, 9.17) is 4.42 Å². The summed E-state index contributed by atoms with van der Waals surface area (Å²) in [6, 6.07) is 91.9. The van der Waals surface area contributed by atoms with Crippen LogP contribution in [-0.4, -0.2) is 4.57 Å². The van der Waals surface area contributed by atoms with Gasteiger partial charge in [0, 0.05) is 49.5 Å². The van der Waals surface area contributed by atoms with Gasteiger partial charge in [-0.2, -0.15) is 0 Å². The highest BCUT2D eigenvalue weighted by atomic mass is 16.3. The van der Waals surface area contributed by atoms with Crippen LogP contribution in [0.5, 0.6) is 0 Å². The van der Waals surface area contributed by atoms with Crippen molar-refractivity contribution in [2.45, 2.75) is 0 Å². The molecule has 13 aromatic rings. The molecule has 0 bridgehead atoms. The monoisotopic (exact) mass is 854 g/mol. The lowest BCUT2D eigenvalue weighted by Crippen LogP contribution is -2.12. The molecule has 0 saturated carbocycles. The van der Waals surface area contributed by atoms with Gasteiger partial charge in [0.25, 0.3) is 0 Å². The quantitative estimate of drug-likeness (QED) is 0.152. The molecule has 314 valence electrons. The average Bonchev–Trinajstić information content (AvgIpc) is 3.95. The second-order valence-corrected chi connectivity index (χ2v) is 17.2. The van der Waals surface area contributed by atoms with Crippen LogP contribution in [0.1, 0.15) is 0 Å². The van der Waals surface area contributed by atoms with Crippen molar-refractivity contribution in [3.63, 3.8) is 0 Å². The number of hydrogen-bond acceptors (Lipinski definition) is 2.